The van der Waals surface area contributed by atoms with Crippen LogP contribution in [-0.2, 0) is 24.3 Å². The van der Waals surface area contributed by atoms with Gasteiger partial charge in [-0.25, -0.2) is 0 Å². The van der Waals surface area contributed by atoms with Gasteiger partial charge in [0.25, 0.3) is 0 Å². The molecule has 0 fully saturated rings. The van der Waals surface area contributed by atoms with E-state index >= 15 is 0 Å². The first kappa shape index (κ1) is 13.8. The standard InChI is InChI=1S/C15H19N5O/c16-14(11-6-2-1-3-7-11)15(21)17-10-13-19-18-12-8-4-5-9-20(12)13/h1-3,6-7,14H,4-5,8-10,16H2,(H,17,21). The molecular formula is C15H19N5O. The molecule has 21 heavy (non-hydrogen) atoms. The fourth-order valence-electron chi connectivity index (χ4n) is 2.59. The number of benzene rings is 1. The van der Waals surface area contributed by atoms with Crippen LogP contribution in [0, 0.1) is 0 Å². The zero-order chi connectivity index (χ0) is 14.7. The van der Waals surface area contributed by atoms with Crippen LogP contribution in [0.2, 0.25) is 0 Å². The highest BCUT2D eigenvalue weighted by atomic mass is 16.2. The number of fused-ring (bicyclic) bond motifs is 1. The lowest BCUT2D eigenvalue weighted by molar-refractivity contribution is -0.122. The van der Waals surface area contributed by atoms with Gasteiger partial charge in [0.2, 0.25) is 5.91 Å². The SMILES string of the molecule is NC(C(=O)NCc1nnc2n1CCCC2)c1ccccc1. The Morgan fingerprint density at radius 3 is 2.90 bits per heavy atom. The maximum Gasteiger partial charge on any atom is 0.241 e. The monoisotopic (exact) mass is 285 g/mol. The van der Waals surface area contributed by atoms with Crippen molar-refractivity contribution in [3.8, 4) is 0 Å². The Labute approximate surface area is 123 Å². The van der Waals surface area contributed by atoms with E-state index < -0.39 is 6.04 Å². The van der Waals surface area contributed by atoms with Gasteiger partial charge >= 0.3 is 0 Å². The van der Waals surface area contributed by atoms with Crippen LogP contribution in [0.4, 0.5) is 0 Å². The van der Waals surface area contributed by atoms with Crippen LogP contribution in [0.3, 0.4) is 0 Å². The molecule has 0 spiro atoms. The number of aryl methyl sites for hydroxylation is 1. The molecule has 2 heterocycles. The predicted octanol–water partition coefficient (Wildman–Crippen LogP) is 0.931. The summed E-state index contributed by atoms with van der Waals surface area (Å²) in [4.78, 5) is 12.1. The minimum absolute atomic E-state index is 0.200. The predicted molar refractivity (Wildman–Crippen MR) is 78.2 cm³/mol. The summed E-state index contributed by atoms with van der Waals surface area (Å²) in [6.45, 7) is 1.30. The van der Waals surface area contributed by atoms with Gasteiger partial charge in [-0.3, -0.25) is 4.79 Å². The molecule has 1 aromatic carbocycles. The first-order valence-corrected chi connectivity index (χ1v) is 7.25. The highest BCUT2D eigenvalue weighted by Gasteiger charge is 2.18. The molecule has 2 aromatic rings. The van der Waals surface area contributed by atoms with E-state index in [0.29, 0.717) is 6.54 Å². The summed E-state index contributed by atoms with van der Waals surface area (Å²) >= 11 is 0. The fraction of sp³-hybridized carbons (Fsp3) is 0.400. The van der Waals surface area contributed by atoms with Gasteiger partial charge in [-0.1, -0.05) is 30.3 Å². The maximum absolute atomic E-state index is 12.1. The second kappa shape index (κ2) is 6.05. The smallest absolute Gasteiger partial charge is 0.241 e. The fourth-order valence-corrected chi connectivity index (χ4v) is 2.59. The Bertz CT molecular complexity index is 622. The van der Waals surface area contributed by atoms with Crippen LogP contribution < -0.4 is 11.1 Å². The largest absolute Gasteiger partial charge is 0.347 e. The van der Waals surface area contributed by atoms with E-state index in [-0.39, 0.29) is 5.91 Å². The van der Waals surface area contributed by atoms with Crippen LogP contribution in [0.25, 0.3) is 0 Å². The van der Waals surface area contributed by atoms with Crippen molar-refractivity contribution in [2.75, 3.05) is 0 Å². The Morgan fingerprint density at radius 1 is 1.29 bits per heavy atom. The first-order chi connectivity index (χ1) is 10.3. The third-order valence-corrected chi connectivity index (χ3v) is 3.80. The van der Waals surface area contributed by atoms with Crippen LogP contribution in [0.1, 0.15) is 36.1 Å². The molecule has 1 aliphatic rings. The molecule has 1 aliphatic heterocycles. The van der Waals surface area contributed by atoms with Crippen molar-refractivity contribution < 1.29 is 4.79 Å². The van der Waals surface area contributed by atoms with Gasteiger partial charge in [-0.05, 0) is 18.4 Å². The highest BCUT2D eigenvalue weighted by molar-refractivity contribution is 5.82. The van der Waals surface area contributed by atoms with Crippen molar-refractivity contribution in [1.29, 1.82) is 0 Å². The van der Waals surface area contributed by atoms with E-state index in [9.17, 15) is 4.79 Å². The number of carbonyl (C=O) groups excluding carboxylic acids is 1. The molecule has 0 radical (unpaired) electrons. The van der Waals surface area contributed by atoms with E-state index in [1.807, 2.05) is 30.3 Å². The Kier molecular flexibility index (Phi) is 3.96. The van der Waals surface area contributed by atoms with Crippen molar-refractivity contribution in [3.63, 3.8) is 0 Å². The first-order valence-electron chi connectivity index (χ1n) is 7.25. The number of nitrogens with two attached hydrogens (primary N) is 1. The molecule has 1 unspecified atom stereocenters. The van der Waals surface area contributed by atoms with Gasteiger partial charge in [0.15, 0.2) is 5.82 Å². The Hall–Kier alpha value is -2.21. The van der Waals surface area contributed by atoms with Gasteiger partial charge in [-0.15, -0.1) is 10.2 Å². The molecule has 0 aliphatic carbocycles. The number of hydrogen-bond acceptors (Lipinski definition) is 4. The molecular weight excluding hydrogens is 266 g/mol. The molecule has 6 nitrogen and oxygen atoms in total. The lowest BCUT2D eigenvalue weighted by atomic mass is 10.1. The number of hydrogen-bond donors (Lipinski definition) is 2. The van der Waals surface area contributed by atoms with Crippen LogP contribution in [0.15, 0.2) is 30.3 Å². The van der Waals surface area contributed by atoms with Crippen LogP contribution >= 0.6 is 0 Å². The number of amides is 1. The zero-order valence-electron chi connectivity index (χ0n) is 11.8. The molecule has 1 aromatic heterocycles. The molecule has 6 heteroatoms. The summed E-state index contributed by atoms with van der Waals surface area (Å²) in [5.74, 6) is 1.62. The summed E-state index contributed by atoms with van der Waals surface area (Å²) in [5.41, 5.74) is 6.76. The molecule has 0 saturated carbocycles. The molecule has 0 bridgehead atoms. The second-order valence-corrected chi connectivity index (χ2v) is 5.25. The third-order valence-electron chi connectivity index (χ3n) is 3.80. The van der Waals surface area contributed by atoms with Crippen molar-refractivity contribution in [3.05, 3.63) is 47.5 Å². The minimum Gasteiger partial charge on any atom is -0.347 e. The summed E-state index contributed by atoms with van der Waals surface area (Å²) in [7, 11) is 0. The molecule has 3 N–H and O–H groups in total. The third kappa shape index (κ3) is 2.95. The quantitative estimate of drug-likeness (QED) is 0.875. The average Bonchev–Trinajstić information content (AvgIpc) is 2.96. The van der Waals surface area contributed by atoms with Gasteiger partial charge in [-0.2, -0.15) is 0 Å². The van der Waals surface area contributed by atoms with E-state index in [0.717, 1.165) is 43.0 Å². The Balaban J connectivity index is 1.62. The number of nitrogens with one attached hydrogen (secondary N) is 1. The van der Waals surface area contributed by atoms with Crippen LogP contribution in [-0.4, -0.2) is 20.7 Å². The van der Waals surface area contributed by atoms with Crippen molar-refractivity contribution in [1.82, 2.24) is 20.1 Å². The van der Waals surface area contributed by atoms with E-state index in [2.05, 4.69) is 20.1 Å². The van der Waals surface area contributed by atoms with Crippen molar-refractivity contribution in [2.45, 2.75) is 38.4 Å². The van der Waals surface area contributed by atoms with Crippen molar-refractivity contribution >= 4 is 5.91 Å². The molecule has 110 valence electrons. The zero-order valence-corrected chi connectivity index (χ0v) is 11.8. The molecule has 1 amide bonds. The lowest BCUT2D eigenvalue weighted by Gasteiger charge is -2.16. The van der Waals surface area contributed by atoms with E-state index in [1.54, 1.807) is 0 Å². The molecule has 3 rings (SSSR count). The summed E-state index contributed by atoms with van der Waals surface area (Å²) in [5, 5.41) is 11.2. The van der Waals surface area contributed by atoms with E-state index in [4.69, 9.17) is 5.73 Å². The van der Waals surface area contributed by atoms with Crippen LogP contribution in [0.5, 0.6) is 0 Å². The maximum atomic E-state index is 12.1. The van der Waals surface area contributed by atoms with Gasteiger partial charge < -0.3 is 15.6 Å². The number of rotatable bonds is 4. The minimum atomic E-state index is -0.657. The summed E-state index contributed by atoms with van der Waals surface area (Å²) in [6, 6.07) is 8.69. The highest BCUT2D eigenvalue weighted by Crippen LogP contribution is 2.14. The van der Waals surface area contributed by atoms with E-state index in [1.165, 1.54) is 0 Å². The summed E-state index contributed by atoms with van der Waals surface area (Å²) < 4.78 is 2.10. The van der Waals surface area contributed by atoms with Gasteiger partial charge in [0.05, 0.1) is 6.54 Å². The summed E-state index contributed by atoms with van der Waals surface area (Å²) in [6.07, 6.45) is 3.25. The van der Waals surface area contributed by atoms with Gasteiger partial charge in [0, 0.05) is 13.0 Å². The molecule has 0 saturated heterocycles. The molecule has 1 atom stereocenters. The number of nitrogens with zero attached hydrogens (tertiary/aromatic N) is 3. The van der Waals surface area contributed by atoms with Crippen molar-refractivity contribution in [2.24, 2.45) is 5.73 Å². The lowest BCUT2D eigenvalue weighted by Crippen LogP contribution is -2.34. The second-order valence-electron chi connectivity index (χ2n) is 5.25. The Morgan fingerprint density at radius 2 is 2.10 bits per heavy atom. The normalized spacial score (nSPS) is 15.3. The number of carbonyl (C=O) groups is 1. The number of aromatic nitrogens is 3. The average molecular weight is 285 g/mol. The van der Waals surface area contributed by atoms with Gasteiger partial charge in [0.1, 0.15) is 11.9 Å². The topological polar surface area (TPSA) is 85.8 Å².